The van der Waals surface area contributed by atoms with Gasteiger partial charge in [0.15, 0.2) is 0 Å². The maximum Gasteiger partial charge on any atom is 0.240 e. The zero-order chi connectivity index (χ0) is 12.3. The van der Waals surface area contributed by atoms with Gasteiger partial charge in [-0.25, -0.2) is 0 Å². The van der Waals surface area contributed by atoms with E-state index in [4.69, 9.17) is 15.0 Å². The average molecular weight is 298 g/mol. The standard InChI is InChI=1S/C11H12BrN3O2/c1-16-6-7-3-2-4-8(12)10(7)11-14-9(5-13)17-15-11/h2-4H,5-6,13H2,1H3. The maximum absolute atomic E-state index is 5.44. The molecule has 2 rings (SSSR count). The van der Waals surface area contributed by atoms with Gasteiger partial charge in [-0.3, -0.25) is 0 Å². The second-order valence-corrected chi connectivity index (χ2v) is 4.28. The third kappa shape index (κ3) is 2.54. The summed E-state index contributed by atoms with van der Waals surface area (Å²) < 4.78 is 11.1. The Hall–Kier alpha value is -1.24. The van der Waals surface area contributed by atoms with Crippen LogP contribution in [-0.4, -0.2) is 17.3 Å². The van der Waals surface area contributed by atoms with E-state index < -0.39 is 0 Å². The van der Waals surface area contributed by atoms with Gasteiger partial charge in [-0.05, 0) is 11.6 Å². The molecule has 1 heterocycles. The fourth-order valence-electron chi connectivity index (χ4n) is 1.53. The number of halogens is 1. The van der Waals surface area contributed by atoms with Crippen molar-refractivity contribution < 1.29 is 9.26 Å². The van der Waals surface area contributed by atoms with Crippen molar-refractivity contribution in [2.24, 2.45) is 5.73 Å². The molecule has 0 atom stereocenters. The van der Waals surface area contributed by atoms with Gasteiger partial charge in [0, 0.05) is 17.1 Å². The molecule has 0 saturated heterocycles. The summed E-state index contributed by atoms with van der Waals surface area (Å²) in [7, 11) is 1.65. The summed E-state index contributed by atoms with van der Waals surface area (Å²) in [6.07, 6.45) is 0. The smallest absolute Gasteiger partial charge is 0.240 e. The summed E-state index contributed by atoms with van der Waals surface area (Å²) in [4.78, 5) is 4.21. The molecule has 2 aromatic rings. The highest BCUT2D eigenvalue weighted by atomic mass is 79.9. The molecule has 0 saturated carbocycles. The Bertz CT molecular complexity index is 513. The van der Waals surface area contributed by atoms with Crippen LogP contribution in [0.5, 0.6) is 0 Å². The third-order valence-corrected chi connectivity index (χ3v) is 2.93. The summed E-state index contributed by atoms with van der Waals surface area (Å²) in [6, 6.07) is 5.82. The van der Waals surface area contributed by atoms with E-state index in [0.717, 1.165) is 15.6 Å². The molecule has 1 aromatic heterocycles. The second-order valence-electron chi connectivity index (χ2n) is 3.42. The first-order valence-corrected chi connectivity index (χ1v) is 5.85. The van der Waals surface area contributed by atoms with E-state index in [-0.39, 0.29) is 6.54 Å². The van der Waals surface area contributed by atoms with Crippen molar-refractivity contribution in [1.29, 1.82) is 0 Å². The first kappa shape index (κ1) is 12.2. The van der Waals surface area contributed by atoms with Crippen LogP contribution in [-0.2, 0) is 17.9 Å². The number of rotatable bonds is 4. The van der Waals surface area contributed by atoms with Crippen LogP contribution in [0.2, 0.25) is 0 Å². The molecule has 0 fully saturated rings. The number of aromatic nitrogens is 2. The highest BCUT2D eigenvalue weighted by Crippen LogP contribution is 2.30. The van der Waals surface area contributed by atoms with Gasteiger partial charge in [0.05, 0.1) is 13.2 Å². The SMILES string of the molecule is COCc1cccc(Br)c1-c1noc(CN)n1. The Morgan fingerprint density at radius 2 is 2.29 bits per heavy atom. The predicted molar refractivity (Wildman–Crippen MR) is 66.0 cm³/mol. The lowest BCUT2D eigenvalue weighted by atomic mass is 10.1. The van der Waals surface area contributed by atoms with Gasteiger partial charge in [0.25, 0.3) is 0 Å². The van der Waals surface area contributed by atoms with Crippen molar-refractivity contribution in [3.8, 4) is 11.4 Å². The molecule has 5 nitrogen and oxygen atoms in total. The largest absolute Gasteiger partial charge is 0.380 e. The summed E-state index contributed by atoms with van der Waals surface area (Å²) in [5.41, 5.74) is 7.31. The maximum atomic E-state index is 5.44. The Balaban J connectivity index is 2.48. The Kier molecular flexibility index (Phi) is 3.88. The zero-order valence-electron chi connectivity index (χ0n) is 9.31. The first-order chi connectivity index (χ1) is 8.26. The van der Waals surface area contributed by atoms with Crippen LogP contribution in [0.3, 0.4) is 0 Å². The number of benzene rings is 1. The number of methoxy groups -OCH3 is 1. The molecule has 0 aliphatic heterocycles. The second kappa shape index (κ2) is 5.39. The van der Waals surface area contributed by atoms with Crippen molar-refractivity contribution in [3.63, 3.8) is 0 Å². The quantitative estimate of drug-likeness (QED) is 0.935. The molecular weight excluding hydrogens is 286 g/mol. The summed E-state index contributed by atoms with van der Waals surface area (Å²) in [6.45, 7) is 0.721. The van der Waals surface area contributed by atoms with Gasteiger partial charge in [0.2, 0.25) is 11.7 Å². The van der Waals surface area contributed by atoms with Crippen molar-refractivity contribution in [3.05, 3.63) is 34.1 Å². The summed E-state index contributed by atoms with van der Waals surface area (Å²) in [5.74, 6) is 0.934. The molecule has 1 aromatic carbocycles. The fourth-order valence-corrected chi connectivity index (χ4v) is 2.12. The molecule has 0 bridgehead atoms. The molecule has 0 aliphatic carbocycles. The van der Waals surface area contributed by atoms with E-state index in [1.807, 2.05) is 18.2 Å². The molecule has 0 radical (unpaired) electrons. The Labute approximate surface area is 107 Å². The molecule has 6 heteroatoms. The minimum absolute atomic E-state index is 0.233. The van der Waals surface area contributed by atoms with Gasteiger partial charge in [-0.15, -0.1) is 0 Å². The van der Waals surface area contributed by atoms with Crippen LogP contribution >= 0.6 is 15.9 Å². The van der Waals surface area contributed by atoms with Crippen molar-refractivity contribution in [1.82, 2.24) is 10.1 Å². The molecule has 2 N–H and O–H groups in total. The number of ether oxygens (including phenoxy) is 1. The van der Waals surface area contributed by atoms with Gasteiger partial charge in [-0.2, -0.15) is 4.98 Å². The molecule has 0 unspecified atom stereocenters. The molecule has 0 aliphatic rings. The normalized spacial score (nSPS) is 10.8. The highest BCUT2D eigenvalue weighted by Gasteiger charge is 2.15. The number of hydrogen-bond acceptors (Lipinski definition) is 5. The monoisotopic (exact) mass is 297 g/mol. The van der Waals surface area contributed by atoms with Crippen LogP contribution in [0, 0.1) is 0 Å². The van der Waals surface area contributed by atoms with Crippen LogP contribution in [0.15, 0.2) is 27.2 Å². The number of nitrogens with two attached hydrogens (primary N) is 1. The van der Waals surface area contributed by atoms with E-state index >= 15 is 0 Å². The Morgan fingerprint density at radius 1 is 1.47 bits per heavy atom. The Morgan fingerprint density at radius 3 is 2.94 bits per heavy atom. The lowest BCUT2D eigenvalue weighted by molar-refractivity contribution is 0.185. The average Bonchev–Trinajstić information content (AvgIpc) is 2.78. The van der Waals surface area contributed by atoms with Gasteiger partial charge >= 0.3 is 0 Å². The van der Waals surface area contributed by atoms with Gasteiger partial charge in [-0.1, -0.05) is 33.2 Å². The third-order valence-electron chi connectivity index (χ3n) is 2.27. The lowest BCUT2D eigenvalue weighted by Gasteiger charge is -2.07. The van der Waals surface area contributed by atoms with E-state index in [2.05, 4.69) is 26.1 Å². The lowest BCUT2D eigenvalue weighted by Crippen LogP contribution is -1.97. The minimum Gasteiger partial charge on any atom is -0.380 e. The minimum atomic E-state index is 0.233. The van der Waals surface area contributed by atoms with Crippen molar-refractivity contribution in [2.75, 3.05) is 7.11 Å². The number of nitrogens with zero attached hydrogens (tertiary/aromatic N) is 2. The van der Waals surface area contributed by atoms with E-state index in [1.165, 1.54) is 0 Å². The van der Waals surface area contributed by atoms with Gasteiger partial charge < -0.3 is 15.0 Å². The summed E-state index contributed by atoms with van der Waals surface area (Å²) in [5, 5.41) is 3.91. The molecule has 0 amide bonds. The van der Waals surface area contributed by atoms with Crippen LogP contribution in [0.25, 0.3) is 11.4 Å². The van der Waals surface area contributed by atoms with Crippen molar-refractivity contribution >= 4 is 15.9 Å². The van der Waals surface area contributed by atoms with E-state index in [0.29, 0.717) is 18.3 Å². The van der Waals surface area contributed by atoms with Crippen LogP contribution < -0.4 is 5.73 Å². The molecular formula is C11H12BrN3O2. The highest BCUT2D eigenvalue weighted by molar-refractivity contribution is 9.10. The molecule has 0 spiro atoms. The fraction of sp³-hybridized carbons (Fsp3) is 0.273. The van der Waals surface area contributed by atoms with Crippen LogP contribution in [0.1, 0.15) is 11.5 Å². The van der Waals surface area contributed by atoms with Gasteiger partial charge in [0.1, 0.15) is 0 Å². The topological polar surface area (TPSA) is 74.2 Å². The van der Waals surface area contributed by atoms with Crippen LogP contribution in [0.4, 0.5) is 0 Å². The van der Waals surface area contributed by atoms with E-state index in [1.54, 1.807) is 7.11 Å². The van der Waals surface area contributed by atoms with E-state index in [9.17, 15) is 0 Å². The van der Waals surface area contributed by atoms with Crippen molar-refractivity contribution in [2.45, 2.75) is 13.2 Å². The summed E-state index contributed by atoms with van der Waals surface area (Å²) >= 11 is 3.48. The molecule has 17 heavy (non-hydrogen) atoms. The molecule has 90 valence electrons. The predicted octanol–water partition coefficient (Wildman–Crippen LogP) is 2.10. The first-order valence-electron chi connectivity index (χ1n) is 5.05. The number of hydrogen-bond donors (Lipinski definition) is 1. The zero-order valence-corrected chi connectivity index (χ0v) is 10.9.